The molecule has 0 spiro atoms. The summed E-state index contributed by atoms with van der Waals surface area (Å²) in [4.78, 5) is 19.2. The Morgan fingerprint density at radius 1 is 0.417 bits per heavy atom. The van der Waals surface area contributed by atoms with Crippen molar-refractivity contribution in [2.24, 2.45) is 0 Å². The average Bonchev–Trinajstić information content (AvgIpc) is 1.58. The van der Waals surface area contributed by atoms with E-state index in [1.165, 1.54) is 89.9 Å². The monoisotopic (exact) mass is 1920 g/mol. The summed E-state index contributed by atoms with van der Waals surface area (Å²) in [6.45, 7) is 42.6. The van der Waals surface area contributed by atoms with Crippen LogP contribution in [0.15, 0.2) is 109 Å². The summed E-state index contributed by atoms with van der Waals surface area (Å²) in [5.74, 6) is 2.85. The second kappa shape index (κ2) is 53.0. The van der Waals surface area contributed by atoms with Crippen molar-refractivity contribution in [3.8, 4) is 45.6 Å². The summed E-state index contributed by atoms with van der Waals surface area (Å²) in [7, 11) is -4.96. The number of anilines is 4. The molecule has 8 aromatic heterocycles. The van der Waals surface area contributed by atoms with Gasteiger partial charge in [0, 0.05) is 138 Å². The topological polar surface area (TPSA) is 407 Å². The average molecular weight is 1920 g/mol. The van der Waals surface area contributed by atoms with Gasteiger partial charge in [-0.2, -0.15) is 27.4 Å². The summed E-state index contributed by atoms with van der Waals surface area (Å²) < 4.78 is 115. The molecule has 0 amide bonds. The number of unbranched alkanes of at least 4 members (excludes halogenated alkanes) is 20. The van der Waals surface area contributed by atoms with Crippen LogP contribution in [-0.4, -0.2) is 163 Å². The number of aromatic amines is 3. The highest BCUT2D eigenvalue weighted by atomic mass is 35.7. The van der Waals surface area contributed by atoms with Gasteiger partial charge in [0.2, 0.25) is 29.1 Å². The molecule has 0 aliphatic heterocycles. The van der Waals surface area contributed by atoms with Gasteiger partial charge in [0.25, 0.3) is 6.48 Å². The zero-order valence-corrected chi connectivity index (χ0v) is 85.4. The number of nitrogens with two attached hydrogens (primary N) is 1. The van der Waals surface area contributed by atoms with Gasteiger partial charge < -0.3 is 25.3 Å². The summed E-state index contributed by atoms with van der Waals surface area (Å²) in [5.41, 5.74) is 19.5. The third-order valence-electron chi connectivity index (χ3n) is 21.4. The Morgan fingerprint density at radius 2 is 0.765 bits per heavy atom. The van der Waals surface area contributed by atoms with Gasteiger partial charge >= 0.3 is 11.6 Å². The molecule has 0 aliphatic carbocycles. The molecule has 0 radical (unpaired) electrons. The highest BCUT2D eigenvalue weighted by Crippen LogP contribution is 2.33. The Hall–Kier alpha value is -9.49. The van der Waals surface area contributed by atoms with Crippen LogP contribution in [0.3, 0.4) is 0 Å². The first-order chi connectivity index (χ1) is 62.6. The maximum Gasteiger partial charge on any atom is 0.335 e. The van der Waals surface area contributed by atoms with Crippen molar-refractivity contribution in [3.05, 3.63) is 143 Å². The number of rotatable bonds is 44. The maximum atomic E-state index is 12.8. The van der Waals surface area contributed by atoms with Crippen molar-refractivity contribution in [2.45, 2.75) is 314 Å². The lowest BCUT2D eigenvalue weighted by molar-refractivity contribution is -0.282. The second-order valence-corrected chi connectivity index (χ2v) is 43.9. The fourth-order valence-corrected chi connectivity index (χ4v) is 17.3. The number of halogens is 1. The first kappa shape index (κ1) is 110. The number of benzene rings is 4. The molecule has 0 bridgehead atoms. The van der Waals surface area contributed by atoms with Crippen LogP contribution in [0.1, 0.15) is 314 Å². The minimum atomic E-state index is -3.43. The predicted octanol–water partition coefficient (Wildman–Crippen LogP) is 21.2. The number of nitrogens with one attached hydrogen (secondary N) is 6. The third-order valence-corrected chi connectivity index (χ3v) is 25.4. The van der Waals surface area contributed by atoms with E-state index in [0.29, 0.717) is 85.0 Å². The molecule has 31 nitrogen and oxygen atoms in total. The van der Waals surface area contributed by atoms with Crippen LogP contribution in [0.2, 0.25) is 0 Å². The number of nitrogens with zero attached hydrogens (tertiary/aromatic N) is 13. The SMILES string of the molecule is CC(C)(C)c1cc2nc(-c3ccc(N)cc3)nn2[nH]1.CCCCCCCCNc1ccc(-c2nc3c(=Cc4c(C(C)(C)C)[nH]n5nc(-c6ccc(NS(=O)(=O)CCCCCCCC)cc6)nc45)c(C(C)(C)C)nn3n2)cc1.CCCCCCCCS(=O)(=O)Cl.CCCCCCCCS(=O)(=O)Nc1ccc(-c2nc3cc(C(C)(C)C)[nH]n3n2)cc1.CCOC(OCC)OCC.O=S=O. The standard InChI is InChI=1S/C45H64N10O2S.C22H33N5O2S.C14H17N5.C8H17ClO2S.C7H16O3.O2S/c1-9-11-13-15-17-19-29-46-34-25-21-32(22-26-34)40-47-42-36(38(44(3,4)5)49-54(42)51-40)31-37-39(45(6,7)8)50-55-43(37)48-41(52-55)33-23-27-35(28-24-33)53-58(56,57)30-20-18-16-14-12-10-2;1-5-6-7-8-9-10-15-30(28,29)26-18-13-11-17(12-14-18)21-23-20-16-19(22(2,3)4)24-27(20)25-21;1-14(2,3)11-8-12-16-13(18-19(12)17-11)9-4-6-10(15)7-5-9;1-2-3-4-5-6-7-8-12(9,10)11;1-4-8-7(9-5-2)10-6-3;1-3-2/h21-28,31,46,50,53H,9-20,29-30H2,1-8H3;11-14,16,24,26H,5-10,15H2,1-4H3;4-8,17H,15H2,1-3H3;2-8H2,1H3;7H,4-6H2,1-3H3;. The molecular weight excluding hydrogens is 1770 g/mol. The van der Waals surface area contributed by atoms with Crippen LogP contribution in [0, 0.1) is 0 Å². The summed E-state index contributed by atoms with van der Waals surface area (Å²) in [6.07, 6.45) is 28.8. The zero-order valence-electron chi connectivity index (χ0n) is 81.4. The van der Waals surface area contributed by atoms with E-state index in [2.05, 4.69) is 191 Å². The fraction of sp³-hybridized carbons (Fsp3) is 0.573. The largest absolute Gasteiger partial charge is 0.399 e. The predicted molar refractivity (Wildman–Crippen MR) is 537 cm³/mol. The lowest BCUT2D eigenvalue weighted by Crippen LogP contribution is -2.22. The molecule has 0 saturated carbocycles. The normalized spacial score (nSPS) is 12.3. The van der Waals surface area contributed by atoms with Gasteiger partial charge in [0.1, 0.15) is 0 Å². The number of hydrogen-bond donors (Lipinski definition) is 7. The molecule has 0 aliphatic rings. The lowest BCUT2D eigenvalue weighted by atomic mass is 9.88. The Morgan fingerprint density at radius 3 is 1.14 bits per heavy atom. The Labute approximate surface area is 790 Å². The highest BCUT2D eigenvalue weighted by Gasteiger charge is 2.30. The molecule has 0 fully saturated rings. The van der Waals surface area contributed by atoms with Gasteiger partial charge in [-0.3, -0.25) is 24.7 Å². The molecule has 8 N–H and O–H groups in total. The molecular formula is C96H147ClN20O11S4. The molecule has 4 aromatic carbocycles. The van der Waals surface area contributed by atoms with Gasteiger partial charge in [-0.15, -0.1) is 25.0 Å². The quantitative estimate of drug-likeness (QED) is 0.00807. The van der Waals surface area contributed by atoms with Crippen LogP contribution in [0.25, 0.3) is 74.2 Å². The maximum absolute atomic E-state index is 12.8. The molecule has 0 saturated heterocycles. The first-order valence-corrected chi connectivity index (χ1v) is 53.4. The van der Waals surface area contributed by atoms with E-state index in [-0.39, 0.29) is 38.9 Å². The Kier molecular flexibility index (Phi) is 44.0. The smallest absolute Gasteiger partial charge is 0.335 e. The number of nitrogen functional groups attached to an aromatic ring is 1. The number of H-pyrrole nitrogens is 3. The summed E-state index contributed by atoms with van der Waals surface area (Å²) in [6, 6.07) is 34.3. The van der Waals surface area contributed by atoms with Crippen molar-refractivity contribution in [3.63, 3.8) is 0 Å². The minimum absolute atomic E-state index is 0.00312. The number of fused-ring (bicyclic) bond motifs is 4. The minimum Gasteiger partial charge on any atom is -0.399 e. The van der Waals surface area contributed by atoms with Crippen LogP contribution >= 0.6 is 10.7 Å². The lowest BCUT2D eigenvalue weighted by Gasteiger charge is -2.18. The van der Waals surface area contributed by atoms with Crippen molar-refractivity contribution < 1.29 is 47.9 Å². The van der Waals surface area contributed by atoms with E-state index < -0.39 is 47.1 Å². The van der Waals surface area contributed by atoms with E-state index in [1.807, 2.05) is 81.4 Å². The third kappa shape index (κ3) is 36.4. The number of ether oxygens (including phenoxy) is 3. The van der Waals surface area contributed by atoms with Crippen LogP contribution in [-0.2, 0) is 76.5 Å². The van der Waals surface area contributed by atoms with Crippen LogP contribution in [0.4, 0.5) is 22.7 Å². The van der Waals surface area contributed by atoms with Crippen molar-refractivity contribution in [2.75, 3.05) is 64.1 Å². The first-order valence-electron chi connectivity index (χ1n) is 46.9. The van der Waals surface area contributed by atoms with Gasteiger partial charge in [-0.05, 0) is 150 Å². The van der Waals surface area contributed by atoms with E-state index >= 15 is 0 Å². The molecule has 12 aromatic rings. The summed E-state index contributed by atoms with van der Waals surface area (Å²) in [5, 5.41) is 38.1. The molecule has 8 heterocycles. The van der Waals surface area contributed by atoms with Gasteiger partial charge in [-0.1, -0.05) is 239 Å². The fourth-order valence-electron chi connectivity index (χ4n) is 14.1. The van der Waals surface area contributed by atoms with E-state index in [9.17, 15) is 25.3 Å². The number of aromatic nitrogens is 16. The van der Waals surface area contributed by atoms with E-state index in [1.54, 1.807) is 42.8 Å². The van der Waals surface area contributed by atoms with E-state index in [4.69, 9.17) is 64.3 Å². The van der Waals surface area contributed by atoms with Crippen molar-refractivity contribution >= 4 is 103 Å². The van der Waals surface area contributed by atoms with Gasteiger partial charge in [0.05, 0.1) is 28.6 Å². The Balaban J connectivity index is 0.000000264. The molecule has 36 heteroatoms. The van der Waals surface area contributed by atoms with Crippen molar-refractivity contribution in [1.29, 1.82) is 0 Å². The van der Waals surface area contributed by atoms with Gasteiger partial charge in [0.15, 0.2) is 45.9 Å². The zero-order chi connectivity index (χ0) is 96.9. The molecule has 728 valence electrons. The highest BCUT2D eigenvalue weighted by molar-refractivity contribution is 8.13. The van der Waals surface area contributed by atoms with Crippen LogP contribution in [0.5, 0.6) is 0 Å². The van der Waals surface area contributed by atoms with Crippen molar-refractivity contribution in [1.82, 2.24) is 79.2 Å². The second-order valence-electron chi connectivity index (χ2n) is 37.1. The Bertz CT molecular complexity index is 5800. The van der Waals surface area contributed by atoms with E-state index in [0.717, 1.165) is 130 Å². The van der Waals surface area contributed by atoms with Crippen LogP contribution < -0.4 is 25.7 Å². The number of sulfonamides is 2. The van der Waals surface area contributed by atoms with Gasteiger partial charge in [-0.25, -0.2) is 45.2 Å². The molecule has 0 atom stereocenters. The molecule has 0 unspecified atom stereocenters. The molecule has 12 rings (SSSR count). The molecule has 132 heavy (non-hydrogen) atoms. The summed E-state index contributed by atoms with van der Waals surface area (Å²) >= 11 is -0.750. The number of hydrogen-bond acceptors (Lipinski definition) is 22.